The highest BCUT2D eigenvalue weighted by Crippen LogP contribution is 2.22. The molecule has 0 aliphatic carbocycles. The summed E-state index contributed by atoms with van der Waals surface area (Å²) in [5.74, 6) is 0. The van der Waals surface area contributed by atoms with Crippen LogP contribution in [0.25, 0.3) is 6.08 Å². The lowest BCUT2D eigenvalue weighted by atomic mass is 10.0. The molecule has 2 nitrogen and oxygen atoms in total. The van der Waals surface area contributed by atoms with Crippen LogP contribution in [0.2, 0.25) is 0 Å². The molecule has 0 N–H and O–H groups in total. The summed E-state index contributed by atoms with van der Waals surface area (Å²) in [6.45, 7) is 9.08. The van der Waals surface area contributed by atoms with Crippen molar-refractivity contribution in [2.45, 2.75) is 207 Å². The second-order valence-corrected chi connectivity index (χ2v) is 15.0. The smallest absolute Gasteiger partial charge is 0.0635 e. The van der Waals surface area contributed by atoms with Gasteiger partial charge in [0, 0.05) is 6.21 Å². The minimum absolute atomic E-state index is 0.958. The van der Waals surface area contributed by atoms with Crippen molar-refractivity contribution >= 4 is 29.4 Å². The fourth-order valence-corrected chi connectivity index (χ4v) is 6.73. The Morgan fingerprint density at radius 2 is 0.940 bits per heavy atom. The number of nitrogens with zero attached hydrogens (tertiary/aromatic N) is 2. The van der Waals surface area contributed by atoms with Crippen LogP contribution in [-0.4, -0.2) is 11.9 Å². The zero-order valence-corrected chi connectivity index (χ0v) is 33.5. The third-order valence-corrected chi connectivity index (χ3v) is 10.0. The van der Waals surface area contributed by atoms with Gasteiger partial charge in [0.1, 0.15) is 0 Å². The van der Waals surface area contributed by atoms with Crippen LogP contribution in [0.15, 0.2) is 58.5 Å². The monoisotopic (exact) mass is 683 g/mol. The van der Waals surface area contributed by atoms with Gasteiger partial charge in [0.15, 0.2) is 0 Å². The molecule has 50 heavy (non-hydrogen) atoms. The molecule has 0 radical (unpaired) electrons. The second kappa shape index (κ2) is 31.3. The predicted octanol–water partition coefficient (Wildman–Crippen LogP) is 16.5. The predicted molar refractivity (Wildman–Crippen MR) is 227 cm³/mol. The number of unbranched alkanes of at least 4 members (excludes halogenated alkanes) is 21. The number of aliphatic imine (C=N–C) groups is 2. The number of allylic oxidation sites excluding steroid dienone is 1. The summed E-state index contributed by atoms with van der Waals surface area (Å²) < 4.78 is 0. The highest BCUT2D eigenvalue weighted by Gasteiger charge is 2.03. The van der Waals surface area contributed by atoms with Gasteiger partial charge in [-0.15, -0.1) is 0 Å². The molecule has 0 heterocycles. The van der Waals surface area contributed by atoms with Gasteiger partial charge in [-0.3, -0.25) is 9.98 Å². The molecule has 2 heteroatoms. The van der Waals surface area contributed by atoms with Crippen LogP contribution >= 0.6 is 0 Å². The minimum Gasteiger partial charge on any atom is -0.255 e. The van der Waals surface area contributed by atoms with E-state index in [1.807, 2.05) is 6.21 Å². The van der Waals surface area contributed by atoms with Gasteiger partial charge in [-0.05, 0) is 92.3 Å². The fourth-order valence-electron chi connectivity index (χ4n) is 6.73. The van der Waals surface area contributed by atoms with E-state index >= 15 is 0 Å². The quantitative estimate of drug-likeness (QED) is 0.0542. The first kappa shape index (κ1) is 43.7. The van der Waals surface area contributed by atoms with Crippen molar-refractivity contribution < 1.29 is 0 Å². The van der Waals surface area contributed by atoms with E-state index in [1.54, 1.807) is 0 Å². The Morgan fingerprint density at radius 1 is 0.480 bits per heavy atom. The van der Waals surface area contributed by atoms with E-state index in [0.717, 1.165) is 49.2 Å². The van der Waals surface area contributed by atoms with Gasteiger partial charge in [0.2, 0.25) is 0 Å². The van der Waals surface area contributed by atoms with E-state index in [2.05, 4.69) is 82.3 Å². The maximum atomic E-state index is 5.03. The Morgan fingerprint density at radius 3 is 1.42 bits per heavy atom. The first-order valence-electron chi connectivity index (χ1n) is 21.7. The standard InChI is InChI=1S/C48H78N2/c1-5-9-13-14-15-16-17-18-19-20-21-22-23-24-25-26-27-28-29-30-33-43-35-37-46(38-36-43)50-47(34-12-8-4)42-49-48-40-44(31-10-6-2)39-45(41-48)32-11-7-3/h30,33,35-42H,5-29,31-32,34H2,1-4H3. The molecule has 0 saturated heterocycles. The van der Waals surface area contributed by atoms with Crippen molar-refractivity contribution in [3.8, 4) is 0 Å². The van der Waals surface area contributed by atoms with E-state index in [0.29, 0.717) is 0 Å². The molecule has 0 atom stereocenters. The first-order chi connectivity index (χ1) is 24.7. The van der Waals surface area contributed by atoms with Crippen molar-refractivity contribution in [2.24, 2.45) is 9.98 Å². The average molecular weight is 683 g/mol. The number of hydrogen-bond acceptors (Lipinski definition) is 2. The average Bonchev–Trinajstić information content (AvgIpc) is 3.14. The largest absolute Gasteiger partial charge is 0.255 e. The van der Waals surface area contributed by atoms with Crippen molar-refractivity contribution in [3.63, 3.8) is 0 Å². The van der Waals surface area contributed by atoms with Gasteiger partial charge in [0.25, 0.3) is 0 Å². The zero-order chi connectivity index (χ0) is 35.7. The second-order valence-electron chi connectivity index (χ2n) is 15.0. The van der Waals surface area contributed by atoms with Crippen LogP contribution in [0.1, 0.15) is 211 Å². The van der Waals surface area contributed by atoms with Gasteiger partial charge in [-0.2, -0.15) is 0 Å². The molecule has 2 aromatic rings. The summed E-state index contributed by atoms with van der Waals surface area (Å²) in [4.78, 5) is 9.99. The molecule has 0 aromatic heterocycles. The van der Waals surface area contributed by atoms with Crippen LogP contribution in [0.3, 0.4) is 0 Å². The topological polar surface area (TPSA) is 24.7 Å². The van der Waals surface area contributed by atoms with E-state index < -0.39 is 0 Å². The van der Waals surface area contributed by atoms with E-state index in [9.17, 15) is 0 Å². The number of benzene rings is 2. The molecule has 0 bridgehead atoms. The van der Waals surface area contributed by atoms with Crippen molar-refractivity contribution in [3.05, 3.63) is 65.2 Å². The molecular weight excluding hydrogens is 605 g/mol. The lowest BCUT2D eigenvalue weighted by Gasteiger charge is -2.08. The van der Waals surface area contributed by atoms with E-state index in [1.165, 1.54) is 164 Å². The summed E-state index contributed by atoms with van der Waals surface area (Å²) >= 11 is 0. The Bertz CT molecular complexity index is 1130. The van der Waals surface area contributed by atoms with Crippen molar-refractivity contribution in [1.29, 1.82) is 0 Å². The summed E-state index contributed by atoms with van der Waals surface area (Å²) in [7, 11) is 0. The van der Waals surface area contributed by atoms with Crippen LogP contribution in [0.5, 0.6) is 0 Å². The zero-order valence-electron chi connectivity index (χ0n) is 33.5. The molecule has 0 aliphatic rings. The van der Waals surface area contributed by atoms with Gasteiger partial charge in [0.05, 0.1) is 17.1 Å². The van der Waals surface area contributed by atoms with Crippen LogP contribution in [-0.2, 0) is 12.8 Å². The number of aryl methyl sites for hydroxylation is 2. The van der Waals surface area contributed by atoms with E-state index in [4.69, 9.17) is 9.98 Å². The lowest BCUT2D eigenvalue weighted by molar-refractivity contribution is 0.525. The normalized spacial score (nSPS) is 12.2. The summed E-state index contributed by atoms with van der Waals surface area (Å²) in [6, 6.07) is 15.7. The lowest BCUT2D eigenvalue weighted by Crippen LogP contribution is -1.99. The molecule has 0 unspecified atom stereocenters. The molecule has 2 aromatic carbocycles. The molecule has 0 spiro atoms. The van der Waals surface area contributed by atoms with Gasteiger partial charge < -0.3 is 0 Å². The van der Waals surface area contributed by atoms with Crippen molar-refractivity contribution in [2.75, 3.05) is 0 Å². The van der Waals surface area contributed by atoms with Crippen LogP contribution in [0, 0.1) is 0 Å². The maximum Gasteiger partial charge on any atom is 0.0635 e. The third kappa shape index (κ3) is 23.1. The van der Waals surface area contributed by atoms with Crippen LogP contribution in [0.4, 0.5) is 11.4 Å². The number of rotatable bonds is 32. The minimum atomic E-state index is 0.958. The maximum absolute atomic E-state index is 5.03. The summed E-state index contributed by atoms with van der Waals surface area (Å²) in [6.07, 6.45) is 44.0. The Balaban J connectivity index is 1.66. The van der Waals surface area contributed by atoms with E-state index in [-0.39, 0.29) is 0 Å². The molecule has 0 fully saturated rings. The number of hydrogen-bond donors (Lipinski definition) is 0. The van der Waals surface area contributed by atoms with Crippen molar-refractivity contribution in [1.82, 2.24) is 0 Å². The molecule has 280 valence electrons. The Hall–Kier alpha value is -2.48. The highest BCUT2D eigenvalue weighted by molar-refractivity contribution is 6.31. The molecule has 0 saturated carbocycles. The molecular formula is C48H78N2. The summed E-state index contributed by atoms with van der Waals surface area (Å²) in [5, 5.41) is 0. The fraction of sp³-hybridized carbons (Fsp3) is 0.667. The Kier molecular flexibility index (Phi) is 27.3. The molecule has 2 rings (SSSR count). The van der Waals surface area contributed by atoms with Crippen LogP contribution < -0.4 is 0 Å². The molecule has 0 amide bonds. The summed E-state index contributed by atoms with van der Waals surface area (Å²) in [5.41, 5.74) is 7.26. The highest BCUT2D eigenvalue weighted by atomic mass is 14.8. The Labute approximate surface area is 311 Å². The third-order valence-electron chi connectivity index (χ3n) is 10.0. The van der Waals surface area contributed by atoms with Gasteiger partial charge in [-0.25, -0.2) is 0 Å². The SMILES string of the molecule is CCCCCCCCCCCCCCCCCCCCC=Cc1ccc(N=C(C=Nc2cc(CCCC)cc(CCCC)c2)CCCC)cc1. The molecule has 0 aliphatic heterocycles. The first-order valence-corrected chi connectivity index (χ1v) is 21.7. The van der Waals surface area contributed by atoms with Gasteiger partial charge >= 0.3 is 0 Å². The van der Waals surface area contributed by atoms with Gasteiger partial charge in [-0.1, -0.05) is 186 Å².